The number of aromatic nitrogens is 4. The molecule has 3 aliphatic rings. The Balaban J connectivity index is 0.952. The summed E-state index contributed by atoms with van der Waals surface area (Å²) in [4.78, 5) is 36.5. The Bertz CT molecular complexity index is 1760. The topological polar surface area (TPSA) is 141 Å². The van der Waals surface area contributed by atoms with E-state index >= 15 is 0 Å². The van der Waals surface area contributed by atoms with Crippen molar-refractivity contribution in [3.05, 3.63) is 53.3 Å². The molecule has 1 aliphatic heterocycles. The molecule has 12 nitrogen and oxygen atoms in total. The summed E-state index contributed by atoms with van der Waals surface area (Å²) in [5, 5.41) is 7.96. The van der Waals surface area contributed by atoms with Crippen LogP contribution in [0, 0.1) is 23.7 Å². The van der Waals surface area contributed by atoms with Crippen LogP contribution in [0.1, 0.15) is 109 Å². The fourth-order valence-corrected chi connectivity index (χ4v) is 8.76. The quantitative estimate of drug-likeness (QED) is 0.116. The largest absolute Gasteiger partial charge is 0.477 e. The smallest absolute Gasteiger partial charge is 0.410 e. The summed E-state index contributed by atoms with van der Waals surface area (Å²) < 4.78 is 28.8. The fraction of sp³-hybridized carbons (Fsp3) is 0.615. The molecule has 0 radical (unpaired) electrons. The van der Waals surface area contributed by atoms with Gasteiger partial charge in [0, 0.05) is 30.9 Å². The van der Waals surface area contributed by atoms with Crippen molar-refractivity contribution in [2.45, 2.75) is 115 Å². The SMILES string of the molecule is CC(C)(C)OC(=O)N1CC(CCCNc2cccc(S(=O)NC(=O)c3ccc(-n4ccc(OCCC(C5CCC5)C5CCC5)n4)nc3Cl)n2)CC1(C)C. The molecular formula is C39H54ClN7O5S. The molecule has 6 rings (SSSR count). The van der Waals surface area contributed by atoms with Crippen LogP contribution in [0.15, 0.2) is 47.6 Å². The van der Waals surface area contributed by atoms with Gasteiger partial charge < -0.3 is 19.7 Å². The van der Waals surface area contributed by atoms with Crippen molar-refractivity contribution in [2.75, 3.05) is 25.0 Å². The molecule has 0 bridgehead atoms. The van der Waals surface area contributed by atoms with Crippen molar-refractivity contribution >= 4 is 40.4 Å². The van der Waals surface area contributed by atoms with E-state index in [4.69, 9.17) is 21.1 Å². The predicted octanol–water partition coefficient (Wildman–Crippen LogP) is 7.98. The highest BCUT2D eigenvalue weighted by molar-refractivity contribution is 7.83. The Morgan fingerprint density at radius 1 is 1.06 bits per heavy atom. The van der Waals surface area contributed by atoms with E-state index < -0.39 is 22.5 Å². The summed E-state index contributed by atoms with van der Waals surface area (Å²) in [6.07, 6.45) is 13.4. The average molecular weight is 768 g/mol. The third kappa shape index (κ3) is 10.1. The van der Waals surface area contributed by atoms with E-state index in [1.165, 1.54) is 44.6 Å². The van der Waals surface area contributed by atoms with Crippen LogP contribution >= 0.6 is 11.6 Å². The zero-order chi connectivity index (χ0) is 37.8. The molecule has 288 valence electrons. The number of nitrogens with one attached hydrogen (secondary N) is 2. The molecule has 4 heterocycles. The molecule has 2 atom stereocenters. The van der Waals surface area contributed by atoms with Gasteiger partial charge in [-0.25, -0.2) is 23.7 Å². The summed E-state index contributed by atoms with van der Waals surface area (Å²) in [5.41, 5.74) is -0.715. The molecule has 2 amide bonds. The number of rotatable bonds is 15. The minimum atomic E-state index is -1.93. The van der Waals surface area contributed by atoms with Gasteiger partial charge in [-0.3, -0.25) is 9.52 Å². The van der Waals surface area contributed by atoms with Gasteiger partial charge in [-0.05, 0) is 108 Å². The third-order valence-electron chi connectivity index (χ3n) is 10.9. The van der Waals surface area contributed by atoms with E-state index in [0.717, 1.165) is 43.4 Å². The normalized spacial score (nSPS) is 19.4. The lowest BCUT2D eigenvalue weighted by molar-refractivity contribution is 0.0130. The van der Waals surface area contributed by atoms with Gasteiger partial charge in [0.05, 0.1) is 12.2 Å². The Morgan fingerprint density at radius 2 is 1.79 bits per heavy atom. The van der Waals surface area contributed by atoms with Crippen molar-refractivity contribution in [3.63, 3.8) is 0 Å². The first-order valence-electron chi connectivity index (χ1n) is 19.1. The first-order valence-corrected chi connectivity index (χ1v) is 20.6. The summed E-state index contributed by atoms with van der Waals surface area (Å²) in [6.45, 7) is 11.8. The third-order valence-corrected chi connectivity index (χ3v) is 12.1. The Morgan fingerprint density at radius 3 is 2.45 bits per heavy atom. The van der Waals surface area contributed by atoms with Gasteiger partial charge in [0.2, 0.25) is 5.88 Å². The lowest BCUT2D eigenvalue weighted by Gasteiger charge is -2.42. The van der Waals surface area contributed by atoms with Gasteiger partial charge in [-0.2, -0.15) is 0 Å². The molecule has 2 N–H and O–H groups in total. The van der Waals surface area contributed by atoms with Gasteiger partial charge in [0.1, 0.15) is 16.6 Å². The summed E-state index contributed by atoms with van der Waals surface area (Å²) in [6, 6.07) is 10.1. The molecule has 3 fully saturated rings. The molecule has 3 aromatic heterocycles. The standard InChI is InChI=1S/C39H54ClN7O5S/c1-38(2,3)52-37(49)46-25-26(24-39(46,4)5)10-9-21-41-31-15-8-16-34(42-31)53(50)45-36(48)30-17-18-32(43-35(30)40)47-22-19-33(44-47)51-23-20-29(27-11-6-12-27)28-13-7-14-28/h8,15-19,22,26-29H,6-7,9-14,20-21,23-25H2,1-5H3,(H,41,42)(H,45,48). The van der Waals surface area contributed by atoms with E-state index in [1.54, 1.807) is 41.2 Å². The number of nitrogens with zero attached hydrogens (tertiary/aromatic N) is 5. The van der Waals surface area contributed by atoms with Crippen LogP contribution in [0.25, 0.3) is 5.82 Å². The number of hydrogen-bond donors (Lipinski definition) is 2. The second kappa shape index (κ2) is 16.8. The molecule has 2 unspecified atom stereocenters. The Hall–Kier alpha value is -3.71. The Kier molecular flexibility index (Phi) is 12.3. The van der Waals surface area contributed by atoms with Crippen molar-refractivity contribution < 1.29 is 23.3 Å². The maximum Gasteiger partial charge on any atom is 0.410 e. The maximum atomic E-state index is 13.1. The first-order chi connectivity index (χ1) is 25.3. The monoisotopic (exact) mass is 767 g/mol. The molecule has 1 saturated heterocycles. The van der Waals surface area contributed by atoms with Crippen molar-refractivity contribution in [1.82, 2.24) is 29.4 Å². The summed E-state index contributed by atoms with van der Waals surface area (Å²) in [5.74, 6) is 3.72. The predicted molar refractivity (Wildman–Crippen MR) is 206 cm³/mol. The highest BCUT2D eigenvalue weighted by Gasteiger charge is 2.42. The fourth-order valence-electron chi connectivity index (χ4n) is 7.76. The minimum absolute atomic E-state index is 0.0398. The maximum absolute atomic E-state index is 13.1. The van der Waals surface area contributed by atoms with Crippen molar-refractivity contribution in [3.8, 4) is 11.7 Å². The number of ether oxygens (including phenoxy) is 2. The number of hydrogen-bond acceptors (Lipinski definition) is 9. The molecule has 14 heteroatoms. The molecule has 2 saturated carbocycles. The number of pyridine rings is 2. The van der Waals surface area contributed by atoms with Gasteiger partial charge in [0.25, 0.3) is 5.91 Å². The molecule has 0 spiro atoms. The molecule has 0 aromatic carbocycles. The van der Waals surface area contributed by atoms with Crippen LogP contribution in [0.4, 0.5) is 10.6 Å². The van der Waals surface area contributed by atoms with Gasteiger partial charge >= 0.3 is 6.09 Å². The van der Waals surface area contributed by atoms with Crippen LogP contribution in [0.2, 0.25) is 5.15 Å². The van der Waals surface area contributed by atoms with E-state index in [0.29, 0.717) is 43.1 Å². The molecule has 53 heavy (non-hydrogen) atoms. The van der Waals surface area contributed by atoms with Crippen LogP contribution < -0.4 is 14.8 Å². The van der Waals surface area contributed by atoms with Crippen LogP contribution in [-0.4, -0.2) is 71.7 Å². The summed E-state index contributed by atoms with van der Waals surface area (Å²) in [7, 11) is -1.93. The molecule has 2 aliphatic carbocycles. The number of carbonyl (C=O) groups is 2. The van der Waals surface area contributed by atoms with E-state index in [2.05, 4.69) is 39.0 Å². The number of likely N-dealkylation sites (tertiary alicyclic amines) is 1. The average Bonchev–Trinajstić information content (AvgIpc) is 3.64. The minimum Gasteiger partial charge on any atom is -0.477 e. The van der Waals surface area contributed by atoms with Gasteiger partial charge in [-0.1, -0.05) is 56.2 Å². The van der Waals surface area contributed by atoms with Gasteiger partial charge in [0.15, 0.2) is 21.8 Å². The van der Waals surface area contributed by atoms with Crippen molar-refractivity contribution in [1.29, 1.82) is 0 Å². The lowest BCUT2D eigenvalue weighted by Crippen LogP contribution is -2.45. The molecular weight excluding hydrogens is 714 g/mol. The van der Waals surface area contributed by atoms with Crippen LogP contribution in [-0.2, 0) is 15.7 Å². The van der Waals surface area contributed by atoms with Crippen LogP contribution in [0.3, 0.4) is 0 Å². The second-order valence-electron chi connectivity index (χ2n) is 16.4. The number of halogens is 1. The van der Waals surface area contributed by atoms with Crippen LogP contribution in [0.5, 0.6) is 5.88 Å². The van der Waals surface area contributed by atoms with E-state index in [9.17, 15) is 13.8 Å². The highest BCUT2D eigenvalue weighted by Crippen LogP contribution is 2.46. The second-order valence-corrected chi connectivity index (χ2v) is 17.9. The lowest BCUT2D eigenvalue weighted by atomic mass is 9.63. The highest BCUT2D eigenvalue weighted by atomic mass is 35.5. The molecule has 3 aromatic rings. The van der Waals surface area contributed by atoms with Crippen molar-refractivity contribution in [2.24, 2.45) is 23.7 Å². The summed E-state index contributed by atoms with van der Waals surface area (Å²) >= 11 is 6.44. The zero-order valence-corrected chi connectivity index (χ0v) is 33.2. The van der Waals surface area contributed by atoms with E-state index in [1.807, 2.05) is 25.7 Å². The first kappa shape index (κ1) is 39.0. The number of amides is 2. The van der Waals surface area contributed by atoms with E-state index in [-0.39, 0.29) is 27.4 Å². The van der Waals surface area contributed by atoms with Gasteiger partial charge in [-0.15, -0.1) is 5.10 Å². The Labute approximate surface area is 320 Å². The number of carbonyl (C=O) groups excluding carboxylic acids is 2. The zero-order valence-electron chi connectivity index (χ0n) is 31.6. The number of anilines is 1.